The first kappa shape index (κ1) is 52.1. The molecule has 0 spiro atoms. The first-order valence-corrected chi connectivity index (χ1v) is 22.3. The van der Waals surface area contributed by atoms with Crippen LogP contribution in [-0.4, -0.2) is 62.7 Å². The Morgan fingerprint density at radius 1 is 0.983 bits per heavy atom. The van der Waals surface area contributed by atoms with Crippen molar-refractivity contribution in [3.63, 3.8) is 0 Å². The van der Waals surface area contributed by atoms with E-state index >= 15 is 0 Å². The van der Waals surface area contributed by atoms with Crippen molar-refractivity contribution in [2.75, 3.05) is 5.32 Å². The van der Waals surface area contributed by atoms with Gasteiger partial charge in [-0.15, -0.1) is 0 Å². The molecule has 0 bridgehead atoms. The quantitative estimate of drug-likeness (QED) is 0.0916. The second kappa shape index (κ2) is 25.7. The van der Waals surface area contributed by atoms with Crippen molar-refractivity contribution < 1.29 is 73.9 Å². The number of rotatable bonds is 18. The molecule has 1 amide bonds. The van der Waals surface area contributed by atoms with Crippen molar-refractivity contribution in [1.29, 1.82) is 0 Å². The van der Waals surface area contributed by atoms with Gasteiger partial charge in [0.25, 0.3) is 0 Å². The van der Waals surface area contributed by atoms with E-state index in [0.717, 1.165) is 61.1 Å². The molecule has 12 heteroatoms. The van der Waals surface area contributed by atoms with E-state index in [1.807, 2.05) is 64.1 Å². The largest absolute Gasteiger partial charge is 1.00 e. The molecule has 58 heavy (non-hydrogen) atoms. The van der Waals surface area contributed by atoms with Crippen LogP contribution in [0.3, 0.4) is 0 Å². The van der Waals surface area contributed by atoms with Crippen LogP contribution in [0.1, 0.15) is 138 Å². The summed E-state index contributed by atoms with van der Waals surface area (Å²) in [4.78, 5) is 49.5. The standard InChI is InChI=1S/C23H35NO2S.C23H36O7.Na/c1-5-18(6-2)16-23(14-10-7-11-15-23)22(26)24-19-12-8-9-13-20(19)27-21(25)17(3)4;1-4-13(2)23(29)30-20-11-17(25)9-15-6-5-14(3)19(22(15)20)8-7-16(24)10-18(26)12-21(27)28;/h8-9,12-13,17-18H,5-7,10-11,14-16H2,1-4H3,(H,24,26);5-6,9,13-14,16-20,22,24-26H,4,7-8,10-12H2,1-3H3,(H,27,28);/q;;+1/p-1/t;13-,14-,16+,17+,18+,19-,20-,22-;/m.0./s1. The number of thioether (sulfide) groups is 1. The van der Waals surface area contributed by atoms with Crippen molar-refractivity contribution in [3.8, 4) is 0 Å². The number of carboxylic acid groups (broad SMARTS) is 1. The third-order valence-electron chi connectivity index (χ3n) is 12.4. The predicted octanol–water partition coefficient (Wildman–Crippen LogP) is 4.79. The summed E-state index contributed by atoms with van der Waals surface area (Å²) in [6, 6.07) is 7.69. The molecule has 1 aromatic rings. The van der Waals surface area contributed by atoms with Crippen molar-refractivity contribution in [2.45, 2.75) is 168 Å². The van der Waals surface area contributed by atoms with Gasteiger partial charge >= 0.3 is 35.5 Å². The van der Waals surface area contributed by atoms with E-state index in [-0.39, 0.29) is 88.0 Å². The molecule has 1 aromatic carbocycles. The average Bonchev–Trinajstić information content (AvgIpc) is 3.17. The van der Waals surface area contributed by atoms with Crippen LogP contribution in [0.5, 0.6) is 0 Å². The zero-order valence-electron chi connectivity index (χ0n) is 36.4. The van der Waals surface area contributed by atoms with Gasteiger partial charge in [-0.05, 0) is 92.2 Å². The molecule has 1 fully saturated rings. The van der Waals surface area contributed by atoms with Crippen LogP contribution in [0.25, 0.3) is 0 Å². The fourth-order valence-corrected chi connectivity index (χ4v) is 9.36. The number of esters is 1. The number of hydrogen-bond acceptors (Lipinski definition) is 10. The van der Waals surface area contributed by atoms with Gasteiger partial charge in [-0.3, -0.25) is 14.4 Å². The number of benzene rings is 1. The minimum absolute atomic E-state index is 0. The van der Waals surface area contributed by atoms with E-state index in [1.165, 1.54) is 18.2 Å². The number of allylic oxidation sites excluding steroid dienone is 2. The molecule has 4 N–H and O–H groups in total. The van der Waals surface area contributed by atoms with Gasteiger partial charge in [0, 0.05) is 41.0 Å². The number of fused-ring (bicyclic) bond motifs is 1. The Labute approximate surface area is 374 Å². The molecule has 0 aliphatic heterocycles. The molecule has 0 saturated heterocycles. The maximum atomic E-state index is 13.4. The SMILES string of the molecule is CCC(CC)CC1(C(=O)Nc2ccccc2SC(=O)C(C)C)CCCCC1.CC[C@H](C)C(=O)O[C@H]1C[C@H](O)C=C2C=C[C@H](C)[C@H](CC[C@@H](O)C[C@@H](O)CC(=O)[O-])[C@H]21.[Na+]. The summed E-state index contributed by atoms with van der Waals surface area (Å²) in [5.41, 5.74) is 1.47. The molecule has 3 aliphatic rings. The number of para-hydroxylation sites is 1. The normalized spacial score (nSPS) is 23.9. The second-order valence-electron chi connectivity index (χ2n) is 17.1. The van der Waals surface area contributed by atoms with Crippen LogP contribution in [0.2, 0.25) is 0 Å². The number of aliphatic carboxylic acids is 1. The number of aliphatic hydroxyl groups excluding tert-OH is 3. The van der Waals surface area contributed by atoms with Gasteiger partial charge in [0.2, 0.25) is 5.91 Å². The molecule has 3 aliphatic carbocycles. The van der Waals surface area contributed by atoms with Gasteiger partial charge < -0.3 is 35.3 Å². The number of aliphatic hydroxyl groups is 3. The van der Waals surface area contributed by atoms with E-state index in [9.17, 15) is 39.6 Å². The Morgan fingerprint density at radius 3 is 2.24 bits per heavy atom. The van der Waals surface area contributed by atoms with Crippen LogP contribution < -0.4 is 40.0 Å². The van der Waals surface area contributed by atoms with Gasteiger partial charge in [0.05, 0.1) is 29.9 Å². The summed E-state index contributed by atoms with van der Waals surface area (Å²) in [6.45, 7) is 14.1. The maximum absolute atomic E-state index is 13.4. The fraction of sp³-hybridized carbons (Fsp3) is 0.696. The first-order chi connectivity index (χ1) is 27.0. The Kier molecular flexibility index (Phi) is 23.1. The Balaban J connectivity index is 0.000000395. The summed E-state index contributed by atoms with van der Waals surface area (Å²) in [5, 5.41) is 44.2. The van der Waals surface area contributed by atoms with E-state index in [2.05, 4.69) is 32.2 Å². The van der Waals surface area contributed by atoms with Gasteiger partial charge in [0.15, 0.2) is 5.12 Å². The van der Waals surface area contributed by atoms with Crippen molar-refractivity contribution in [3.05, 3.63) is 48.1 Å². The topological polar surface area (TPSA) is 173 Å². The van der Waals surface area contributed by atoms with Crippen LogP contribution in [0.15, 0.2) is 53.0 Å². The molecule has 10 nitrogen and oxygen atoms in total. The predicted molar refractivity (Wildman–Crippen MR) is 224 cm³/mol. The molecule has 0 heterocycles. The average molecular weight is 836 g/mol. The van der Waals surface area contributed by atoms with Gasteiger partial charge in [-0.1, -0.05) is 111 Å². The minimum atomic E-state index is -1.35. The monoisotopic (exact) mass is 835 g/mol. The maximum Gasteiger partial charge on any atom is 1.00 e. The summed E-state index contributed by atoms with van der Waals surface area (Å²) in [5.74, 6) is -0.882. The van der Waals surface area contributed by atoms with Crippen LogP contribution in [0.4, 0.5) is 5.69 Å². The number of amides is 1. The van der Waals surface area contributed by atoms with Gasteiger partial charge in [0.1, 0.15) is 6.10 Å². The molecular formula is C46H70NNaO9S. The summed E-state index contributed by atoms with van der Waals surface area (Å²) in [7, 11) is 0. The van der Waals surface area contributed by atoms with Crippen LogP contribution in [0, 0.1) is 40.9 Å². The van der Waals surface area contributed by atoms with Crippen molar-refractivity contribution in [1.82, 2.24) is 0 Å². The third-order valence-corrected chi connectivity index (χ3v) is 13.6. The minimum Gasteiger partial charge on any atom is -0.550 e. The van der Waals surface area contributed by atoms with E-state index in [0.29, 0.717) is 31.6 Å². The van der Waals surface area contributed by atoms with E-state index < -0.39 is 36.8 Å². The zero-order chi connectivity index (χ0) is 42.3. The van der Waals surface area contributed by atoms with Crippen LogP contribution in [-0.2, 0) is 23.9 Å². The molecule has 320 valence electrons. The molecule has 4 rings (SSSR count). The number of hydrogen-bond donors (Lipinski definition) is 4. The molecule has 0 unspecified atom stereocenters. The number of carbonyl (C=O) groups excluding carboxylic acids is 4. The summed E-state index contributed by atoms with van der Waals surface area (Å²) < 4.78 is 5.83. The van der Waals surface area contributed by atoms with E-state index in [4.69, 9.17) is 4.74 Å². The molecular weight excluding hydrogens is 766 g/mol. The summed E-state index contributed by atoms with van der Waals surface area (Å²) >= 11 is 1.24. The number of carboxylic acids is 1. The second-order valence-corrected chi connectivity index (χ2v) is 18.2. The Morgan fingerprint density at radius 2 is 1.64 bits per heavy atom. The van der Waals surface area contributed by atoms with Crippen molar-refractivity contribution in [2.24, 2.45) is 40.9 Å². The number of anilines is 1. The Bertz CT molecular complexity index is 1520. The third kappa shape index (κ3) is 15.8. The van der Waals surface area contributed by atoms with Gasteiger partial charge in [-0.2, -0.15) is 0 Å². The number of carbonyl (C=O) groups is 4. The van der Waals surface area contributed by atoms with Crippen LogP contribution >= 0.6 is 11.8 Å². The number of ether oxygens (including phenoxy) is 1. The molecule has 0 radical (unpaired) electrons. The van der Waals surface area contributed by atoms with E-state index in [1.54, 1.807) is 0 Å². The Hall–Kier alpha value is -1.99. The van der Waals surface area contributed by atoms with Crippen molar-refractivity contribution >= 4 is 40.4 Å². The molecule has 8 atom stereocenters. The molecule has 1 saturated carbocycles. The zero-order valence-corrected chi connectivity index (χ0v) is 39.2. The smallest absolute Gasteiger partial charge is 0.550 e. The molecule has 0 aromatic heterocycles. The first-order valence-electron chi connectivity index (χ1n) is 21.5. The summed E-state index contributed by atoms with van der Waals surface area (Å²) in [6.07, 6.45) is 13.0. The fourth-order valence-electron chi connectivity index (χ4n) is 8.53. The number of nitrogens with one attached hydrogen (secondary N) is 1. The van der Waals surface area contributed by atoms with Gasteiger partial charge in [-0.25, -0.2) is 0 Å².